The van der Waals surface area contributed by atoms with E-state index in [0.717, 1.165) is 24.0 Å². The van der Waals surface area contributed by atoms with E-state index in [1.54, 1.807) is 19.1 Å². The molecule has 1 amide bonds. The molecule has 0 saturated carbocycles. The van der Waals surface area contributed by atoms with E-state index >= 15 is 0 Å². The summed E-state index contributed by atoms with van der Waals surface area (Å²) in [4.78, 5) is 12.4. The summed E-state index contributed by atoms with van der Waals surface area (Å²) in [7, 11) is -3.26. The fourth-order valence-electron chi connectivity index (χ4n) is 2.04. The summed E-state index contributed by atoms with van der Waals surface area (Å²) in [5.74, 6) is -0.953. The maximum Gasteiger partial charge on any atom is 0.253 e. The molecule has 0 aliphatic heterocycles. The van der Waals surface area contributed by atoms with Crippen molar-refractivity contribution in [1.82, 2.24) is 5.32 Å². The van der Waals surface area contributed by atoms with E-state index in [1.165, 1.54) is 18.2 Å². The first kappa shape index (κ1) is 17.4. The third-order valence-electron chi connectivity index (χ3n) is 3.33. The van der Waals surface area contributed by atoms with E-state index in [0.29, 0.717) is 0 Å². The number of amides is 1. The van der Waals surface area contributed by atoms with Crippen molar-refractivity contribution in [3.63, 3.8) is 0 Å². The van der Waals surface area contributed by atoms with Gasteiger partial charge in [-0.15, -0.1) is 0 Å². The molecule has 0 radical (unpaired) electrons. The minimum absolute atomic E-state index is 0.0297. The van der Waals surface area contributed by atoms with E-state index in [9.17, 15) is 17.6 Å². The fourth-order valence-corrected chi connectivity index (χ4v) is 2.92. The van der Waals surface area contributed by atoms with Gasteiger partial charge in [-0.25, -0.2) is 12.8 Å². The quantitative estimate of drug-likeness (QED) is 0.914. The molecule has 0 saturated heterocycles. The maximum absolute atomic E-state index is 13.0. The average molecular weight is 356 g/mol. The van der Waals surface area contributed by atoms with Gasteiger partial charge >= 0.3 is 0 Å². The van der Waals surface area contributed by atoms with Crippen LogP contribution >= 0.6 is 11.6 Å². The molecule has 23 heavy (non-hydrogen) atoms. The number of benzene rings is 2. The number of hydrogen-bond donors (Lipinski definition) is 1. The van der Waals surface area contributed by atoms with Gasteiger partial charge in [0.05, 0.1) is 21.5 Å². The summed E-state index contributed by atoms with van der Waals surface area (Å²) >= 11 is 5.86. The number of rotatable bonds is 4. The van der Waals surface area contributed by atoms with E-state index in [4.69, 9.17) is 11.6 Å². The van der Waals surface area contributed by atoms with Crippen LogP contribution in [0.25, 0.3) is 0 Å². The van der Waals surface area contributed by atoms with Crippen LogP contribution in [0.2, 0.25) is 5.02 Å². The molecule has 1 atom stereocenters. The van der Waals surface area contributed by atoms with E-state index in [-0.39, 0.29) is 21.5 Å². The van der Waals surface area contributed by atoms with Crippen LogP contribution in [0.1, 0.15) is 28.9 Å². The van der Waals surface area contributed by atoms with Gasteiger partial charge in [0, 0.05) is 6.26 Å². The van der Waals surface area contributed by atoms with Crippen molar-refractivity contribution in [2.24, 2.45) is 0 Å². The molecule has 0 spiro atoms. The Labute approximate surface area is 139 Å². The van der Waals surface area contributed by atoms with Crippen molar-refractivity contribution in [2.45, 2.75) is 17.9 Å². The number of carbonyl (C=O) groups is 1. The Bertz CT molecular complexity index is 835. The third kappa shape index (κ3) is 4.30. The summed E-state index contributed by atoms with van der Waals surface area (Å²) in [5.41, 5.74) is 0.914. The Morgan fingerprint density at radius 3 is 2.30 bits per heavy atom. The Morgan fingerprint density at radius 1 is 1.17 bits per heavy atom. The first-order valence-corrected chi connectivity index (χ1v) is 9.01. The molecule has 7 heteroatoms. The Balaban J connectivity index is 2.15. The third-order valence-corrected chi connectivity index (χ3v) is 4.77. The van der Waals surface area contributed by atoms with E-state index in [1.807, 2.05) is 0 Å². The lowest BCUT2D eigenvalue weighted by atomic mass is 10.1. The number of carbonyl (C=O) groups excluding carboxylic acids is 1. The summed E-state index contributed by atoms with van der Waals surface area (Å²) in [6.07, 6.45) is 1.13. The van der Waals surface area contributed by atoms with Gasteiger partial charge < -0.3 is 5.32 Å². The van der Waals surface area contributed by atoms with Gasteiger partial charge in [0.15, 0.2) is 9.84 Å². The van der Waals surface area contributed by atoms with Crippen LogP contribution in [-0.4, -0.2) is 20.6 Å². The van der Waals surface area contributed by atoms with Gasteiger partial charge in [0.25, 0.3) is 5.91 Å². The smallest absolute Gasteiger partial charge is 0.253 e. The summed E-state index contributed by atoms with van der Waals surface area (Å²) in [6, 6.07) is 9.41. The van der Waals surface area contributed by atoms with Crippen LogP contribution < -0.4 is 5.32 Å². The lowest BCUT2D eigenvalue weighted by Gasteiger charge is -2.15. The van der Waals surface area contributed by atoms with Crippen molar-refractivity contribution in [3.05, 3.63) is 64.4 Å². The topological polar surface area (TPSA) is 63.2 Å². The van der Waals surface area contributed by atoms with Crippen LogP contribution in [0, 0.1) is 5.82 Å². The van der Waals surface area contributed by atoms with Crippen molar-refractivity contribution < 1.29 is 17.6 Å². The van der Waals surface area contributed by atoms with E-state index in [2.05, 4.69) is 5.32 Å². The van der Waals surface area contributed by atoms with Gasteiger partial charge in [-0.1, -0.05) is 23.7 Å². The molecule has 2 rings (SSSR count). The second-order valence-corrected chi connectivity index (χ2v) is 7.58. The highest BCUT2D eigenvalue weighted by Gasteiger charge is 2.15. The standard InChI is InChI=1S/C16H15ClFNO3S/c1-10(11-3-6-13(7-4-11)23(2,21)22)19-16(20)14-8-5-12(18)9-15(14)17/h3-10H,1-2H3,(H,19,20). The maximum atomic E-state index is 13.0. The van der Waals surface area contributed by atoms with E-state index < -0.39 is 21.6 Å². The van der Waals surface area contributed by atoms with Crippen LogP contribution in [0.3, 0.4) is 0 Å². The first-order chi connectivity index (χ1) is 10.7. The Morgan fingerprint density at radius 2 is 1.78 bits per heavy atom. The van der Waals surface area contributed by atoms with Gasteiger partial charge in [-0.05, 0) is 42.8 Å². The lowest BCUT2D eigenvalue weighted by Crippen LogP contribution is -2.27. The van der Waals surface area contributed by atoms with Crippen molar-refractivity contribution >= 4 is 27.3 Å². The van der Waals surface area contributed by atoms with Gasteiger partial charge in [0.1, 0.15) is 5.82 Å². The molecule has 0 fully saturated rings. The zero-order valence-corrected chi connectivity index (χ0v) is 14.1. The molecular weight excluding hydrogens is 341 g/mol. The second kappa shape index (κ2) is 6.68. The molecule has 0 aliphatic rings. The molecule has 0 bridgehead atoms. The minimum Gasteiger partial charge on any atom is -0.345 e. The molecule has 1 unspecified atom stereocenters. The molecule has 0 aromatic heterocycles. The zero-order chi connectivity index (χ0) is 17.2. The molecule has 0 aliphatic carbocycles. The SMILES string of the molecule is CC(NC(=O)c1ccc(F)cc1Cl)c1ccc(S(C)(=O)=O)cc1. The largest absolute Gasteiger partial charge is 0.345 e. The van der Waals surface area contributed by atoms with Crippen molar-refractivity contribution in [3.8, 4) is 0 Å². The summed E-state index contributed by atoms with van der Waals surface area (Å²) in [6.45, 7) is 1.75. The molecule has 0 heterocycles. The molecule has 1 N–H and O–H groups in total. The predicted molar refractivity (Wildman–Crippen MR) is 86.8 cm³/mol. The fraction of sp³-hybridized carbons (Fsp3) is 0.188. The van der Waals surface area contributed by atoms with Gasteiger partial charge in [-0.3, -0.25) is 4.79 Å². The first-order valence-electron chi connectivity index (χ1n) is 6.74. The van der Waals surface area contributed by atoms with Crippen LogP contribution in [0.15, 0.2) is 47.4 Å². The number of nitrogens with one attached hydrogen (secondary N) is 1. The van der Waals surface area contributed by atoms with Gasteiger partial charge in [0.2, 0.25) is 0 Å². The average Bonchev–Trinajstić information content (AvgIpc) is 2.46. The lowest BCUT2D eigenvalue weighted by molar-refractivity contribution is 0.0940. The van der Waals surface area contributed by atoms with Crippen LogP contribution in [0.4, 0.5) is 4.39 Å². The van der Waals surface area contributed by atoms with Crippen LogP contribution in [0.5, 0.6) is 0 Å². The number of hydrogen-bond acceptors (Lipinski definition) is 3. The minimum atomic E-state index is -3.26. The van der Waals surface area contributed by atoms with Crippen molar-refractivity contribution in [2.75, 3.05) is 6.26 Å². The molecule has 4 nitrogen and oxygen atoms in total. The number of halogens is 2. The summed E-state index contributed by atoms with van der Waals surface area (Å²) in [5, 5.41) is 2.77. The second-order valence-electron chi connectivity index (χ2n) is 5.16. The Hall–Kier alpha value is -1.92. The highest BCUT2D eigenvalue weighted by Crippen LogP contribution is 2.20. The number of sulfone groups is 1. The predicted octanol–water partition coefficient (Wildman–Crippen LogP) is 3.37. The molecule has 2 aromatic rings. The zero-order valence-electron chi connectivity index (χ0n) is 12.5. The summed E-state index contributed by atoms with van der Waals surface area (Å²) < 4.78 is 35.9. The van der Waals surface area contributed by atoms with Crippen LogP contribution in [-0.2, 0) is 9.84 Å². The molecular formula is C16H15ClFNO3S. The highest BCUT2D eigenvalue weighted by atomic mass is 35.5. The normalized spacial score (nSPS) is 12.7. The van der Waals surface area contributed by atoms with Crippen molar-refractivity contribution in [1.29, 1.82) is 0 Å². The Kier molecular flexibility index (Phi) is 5.06. The highest BCUT2D eigenvalue weighted by molar-refractivity contribution is 7.90. The van der Waals surface area contributed by atoms with Gasteiger partial charge in [-0.2, -0.15) is 0 Å². The molecule has 122 valence electrons. The monoisotopic (exact) mass is 355 g/mol. The molecule has 2 aromatic carbocycles.